The van der Waals surface area contributed by atoms with E-state index in [0.29, 0.717) is 31.6 Å². The average Bonchev–Trinajstić information content (AvgIpc) is 1.07. The third kappa shape index (κ3) is 72.4. The van der Waals surface area contributed by atoms with E-state index in [9.17, 15) is 43.2 Å². The Morgan fingerprint density at radius 2 is 0.429 bits per heavy atom. The van der Waals surface area contributed by atoms with E-state index in [4.69, 9.17) is 37.0 Å². The summed E-state index contributed by atoms with van der Waals surface area (Å²) in [5.74, 6) is 0.936. The van der Waals surface area contributed by atoms with E-state index >= 15 is 0 Å². The van der Waals surface area contributed by atoms with Crippen LogP contribution in [0.4, 0.5) is 0 Å². The molecular weight excluding hydrogens is 1280 g/mol. The Balaban J connectivity index is 5.22. The Morgan fingerprint density at radius 1 is 0.255 bits per heavy atom. The van der Waals surface area contributed by atoms with Crippen molar-refractivity contribution in [3.05, 3.63) is 0 Å². The van der Waals surface area contributed by atoms with E-state index in [1.165, 1.54) is 199 Å². The van der Waals surface area contributed by atoms with Crippen LogP contribution in [-0.4, -0.2) is 96.7 Å². The first kappa shape index (κ1) is 96.1. The summed E-state index contributed by atoms with van der Waals surface area (Å²) in [6.07, 6.45) is 54.2. The van der Waals surface area contributed by atoms with Crippen molar-refractivity contribution in [2.45, 2.75) is 420 Å². The topological polar surface area (TPSA) is 237 Å². The van der Waals surface area contributed by atoms with Gasteiger partial charge in [0, 0.05) is 25.7 Å². The molecule has 0 aliphatic heterocycles. The third-order valence-electron chi connectivity index (χ3n) is 18.3. The minimum absolute atomic E-state index is 0.107. The molecule has 98 heavy (non-hydrogen) atoms. The molecule has 3 unspecified atom stereocenters. The Labute approximate surface area is 600 Å². The summed E-state index contributed by atoms with van der Waals surface area (Å²) in [6, 6.07) is 0. The summed E-state index contributed by atoms with van der Waals surface area (Å²) >= 11 is 0. The lowest BCUT2D eigenvalue weighted by atomic mass is 10.0. The number of carbonyl (C=O) groups is 4. The number of hydrogen-bond acceptors (Lipinski definition) is 15. The Morgan fingerprint density at radius 3 is 0.633 bits per heavy atom. The summed E-state index contributed by atoms with van der Waals surface area (Å²) in [4.78, 5) is 72.9. The first-order valence-corrected chi connectivity index (χ1v) is 43.7. The van der Waals surface area contributed by atoms with Crippen LogP contribution in [0, 0.1) is 23.7 Å². The van der Waals surface area contributed by atoms with Gasteiger partial charge < -0.3 is 33.8 Å². The molecule has 0 aromatic heterocycles. The monoisotopic (exact) mass is 1440 g/mol. The molecule has 0 aliphatic carbocycles. The number of carbonyl (C=O) groups excluding carboxylic acids is 4. The molecule has 0 heterocycles. The fraction of sp³-hybridized carbons (Fsp3) is 0.949. The van der Waals surface area contributed by atoms with Crippen LogP contribution in [0.2, 0.25) is 0 Å². The van der Waals surface area contributed by atoms with Crippen LogP contribution in [-0.2, 0) is 65.4 Å². The zero-order valence-corrected chi connectivity index (χ0v) is 66.2. The predicted octanol–water partition coefficient (Wildman–Crippen LogP) is 23.2. The molecule has 0 saturated heterocycles. The summed E-state index contributed by atoms with van der Waals surface area (Å²) < 4.78 is 68.6. The molecule has 0 rings (SSSR count). The van der Waals surface area contributed by atoms with Crippen LogP contribution in [0.15, 0.2) is 0 Å². The summed E-state index contributed by atoms with van der Waals surface area (Å²) in [5, 5.41) is 10.6. The van der Waals surface area contributed by atoms with Gasteiger partial charge in [0.05, 0.1) is 26.4 Å². The van der Waals surface area contributed by atoms with Crippen LogP contribution >= 0.6 is 15.6 Å². The highest BCUT2D eigenvalue weighted by atomic mass is 31.2. The number of phosphoric acid groups is 2. The van der Waals surface area contributed by atoms with Crippen LogP contribution in [0.1, 0.15) is 402 Å². The molecule has 0 aliphatic rings. The molecule has 0 aromatic rings. The van der Waals surface area contributed by atoms with Crippen molar-refractivity contribution in [1.82, 2.24) is 0 Å². The molecule has 0 radical (unpaired) electrons. The smallest absolute Gasteiger partial charge is 0.462 e. The van der Waals surface area contributed by atoms with Gasteiger partial charge in [-0.25, -0.2) is 9.13 Å². The number of ether oxygens (including phenoxy) is 4. The van der Waals surface area contributed by atoms with Crippen molar-refractivity contribution in [3.8, 4) is 0 Å². The summed E-state index contributed by atoms with van der Waals surface area (Å²) in [7, 11) is -9.92. The van der Waals surface area contributed by atoms with E-state index in [0.717, 1.165) is 114 Å². The van der Waals surface area contributed by atoms with Gasteiger partial charge in [-0.2, -0.15) is 0 Å². The van der Waals surface area contributed by atoms with Gasteiger partial charge in [0.1, 0.15) is 19.3 Å². The van der Waals surface area contributed by atoms with E-state index in [2.05, 4.69) is 55.4 Å². The summed E-state index contributed by atoms with van der Waals surface area (Å²) in [6.45, 7) is 14.2. The molecule has 582 valence electrons. The van der Waals surface area contributed by atoms with Gasteiger partial charge in [0.25, 0.3) is 0 Å². The van der Waals surface area contributed by atoms with Gasteiger partial charge in [-0.3, -0.25) is 37.3 Å². The normalized spacial score (nSPS) is 14.1. The second-order valence-electron chi connectivity index (χ2n) is 30.4. The molecule has 17 nitrogen and oxygen atoms in total. The second-order valence-corrected chi connectivity index (χ2v) is 33.3. The van der Waals surface area contributed by atoms with Crippen molar-refractivity contribution in [2.24, 2.45) is 23.7 Å². The first-order chi connectivity index (χ1) is 47.1. The molecule has 5 atom stereocenters. The largest absolute Gasteiger partial charge is 0.472 e. The third-order valence-corrected chi connectivity index (χ3v) is 20.2. The molecule has 19 heteroatoms. The van der Waals surface area contributed by atoms with E-state index in [1.54, 1.807) is 0 Å². The molecule has 3 N–H and O–H groups in total. The lowest BCUT2D eigenvalue weighted by molar-refractivity contribution is -0.161. The first-order valence-electron chi connectivity index (χ1n) is 40.7. The van der Waals surface area contributed by atoms with E-state index in [1.807, 2.05) is 0 Å². The van der Waals surface area contributed by atoms with Crippen LogP contribution in [0.5, 0.6) is 0 Å². The molecular formula is C79H154O17P2. The lowest BCUT2D eigenvalue weighted by Gasteiger charge is -2.21. The minimum atomic E-state index is -4.96. The van der Waals surface area contributed by atoms with Crippen LogP contribution < -0.4 is 0 Å². The maximum Gasteiger partial charge on any atom is 0.472 e. The van der Waals surface area contributed by atoms with Gasteiger partial charge in [-0.1, -0.05) is 351 Å². The minimum Gasteiger partial charge on any atom is -0.462 e. The number of rotatable bonds is 76. The zero-order chi connectivity index (χ0) is 72.4. The highest BCUT2D eigenvalue weighted by Gasteiger charge is 2.30. The van der Waals surface area contributed by atoms with Gasteiger partial charge >= 0.3 is 39.5 Å². The predicted molar refractivity (Wildman–Crippen MR) is 400 cm³/mol. The number of hydrogen-bond donors (Lipinski definition) is 3. The van der Waals surface area contributed by atoms with Crippen molar-refractivity contribution in [3.63, 3.8) is 0 Å². The molecule has 0 spiro atoms. The fourth-order valence-electron chi connectivity index (χ4n) is 12.1. The molecule has 0 fully saturated rings. The number of aliphatic hydroxyl groups excluding tert-OH is 1. The van der Waals surface area contributed by atoms with Crippen molar-refractivity contribution in [1.29, 1.82) is 0 Å². The van der Waals surface area contributed by atoms with Gasteiger partial charge in [-0.05, 0) is 49.4 Å². The van der Waals surface area contributed by atoms with Crippen molar-refractivity contribution < 1.29 is 80.2 Å². The second kappa shape index (κ2) is 68.2. The lowest BCUT2D eigenvalue weighted by Crippen LogP contribution is -2.30. The standard InChI is InChI=1S/C79H154O17P2/c1-69(2)55-47-39-31-24-19-15-11-9-10-12-17-21-27-36-45-53-61-79(84)96-75(66-90-77(82)60-52-44-38-30-34-42-50-58-72(7)8)68-94-98(87,88)92-64-73(80)63-91-97(85,86)93-67-74(65-89-76(81)59-51-43-35-29-23-26-33-41-49-57-71(5)6)95-78(83)62-54-46-37-28-22-18-14-13-16-20-25-32-40-48-56-70(3)4/h69-75,80H,9-68H2,1-8H3,(H,85,86)(H,87,88)/t73?,74-,75-/m1/s1. The molecule has 0 bridgehead atoms. The highest BCUT2D eigenvalue weighted by molar-refractivity contribution is 7.47. The quantitative estimate of drug-likeness (QED) is 0.0222. The zero-order valence-electron chi connectivity index (χ0n) is 64.4. The number of unbranched alkanes of at least 4 members (excludes halogenated alkanes) is 42. The van der Waals surface area contributed by atoms with Crippen LogP contribution in [0.3, 0.4) is 0 Å². The fourth-order valence-corrected chi connectivity index (χ4v) is 13.7. The maximum atomic E-state index is 13.1. The summed E-state index contributed by atoms with van der Waals surface area (Å²) in [5.41, 5.74) is 0. The highest BCUT2D eigenvalue weighted by Crippen LogP contribution is 2.45. The maximum absolute atomic E-state index is 13.1. The molecule has 0 aromatic carbocycles. The number of phosphoric ester groups is 2. The molecule has 0 saturated carbocycles. The average molecular weight is 1440 g/mol. The van der Waals surface area contributed by atoms with Crippen molar-refractivity contribution >= 4 is 39.5 Å². The van der Waals surface area contributed by atoms with Gasteiger partial charge in [-0.15, -0.1) is 0 Å². The molecule has 0 amide bonds. The Kier molecular flexibility index (Phi) is 66.8. The Hall–Kier alpha value is -1.94. The number of esters is 4. The number of aliphatic hydroxyl groups is 1. The van der Waals surface area contributed by atoms with Crippen LogP contribution in [0.25, 0.3) is 0 Å². The van der Waals surface area contributed by atoms with Gasteiger partial charge in [0.15, 0.2) is 12.2 Å². The SMILES string of the molecule is CC(C)CCCCCCCCCCCCCCCCCCC(=O)O[C@H](COC(=O)CCCCCCCCCC(C)C)COP(=O)(O)OCC(O)COP(=O)(O)OC[C@@H](COC(=O)CCCCCCCCCCCC(C)C)OC(=O)CCCCCCCCCCCCCCCCC(C)C. The van der Waals surface area contributed by atoms with Gasteiger partial charge in [0.2, 0.25) is 0 Å². The van der Waals surface area contributed by atoms with E-state index < -0.39 is 97.5 Å². The van der Waals surface area contributed by atoms with E-state index in [-0.39, 0.29) is 25.7 Å². The Bertz CT molecular complexity index is 1920. The van der Waals surface area contributed by atoms with Crippen molar-refractivity contribution in [2.75, 3.05) is 39.6 Å².